The Hall–Kier alpha value is -1.88. The van der Waals surface area contributed by atoms with Gasteiger partial charge in [-0.15, -0.1) is 0 Å². The van der Waals surface area contributed by atoms with E-state index in [4.69, 9.17) is 0 Å². The van der Waals surface area contributed by atoms with Gasteiger partial charge in [-0.25, -0.2) is 0 Å². The van der Waals surface area contributed by atoms with E-state index in [0.29, 0.717) is 6.54 Å². The van der Waals surface area contributed by atoms with Gasteiger partial charge in [0.25, 0.3) is 0 Å². The normalized spacial score (nSPS) is 11.4. The minimum atomic E-state index is -0.485. The van der Waals surface area contributed by atoms with Crippen LogP contribution in [-0.2, 0) is 22.7 Å². The van der Waals surface area contributed by atoms with Crippen molar-refractivity contribution in [2.75, 3.05) is 19.6 Å². The van der Waals surface area contributed by atoms with Gasteiger partial charge in [0.15, 0.2) is 0 Å². The zero-order chi connectivity index (χ0) is 18.2. The van der Waals surface area contributed by atoms with Crippen molar-refractivity contribution in [1.82, 2.24) is 15.5 Å². The fourth-order valence-electron chi connectivity index (χ4n) is 2.16. The van der Waals surface area contributed by atoms with Crippen molar-refractivity contribution in [3.63, 3.8) is 0 Å². The maximum atomic E-state index is 11.8. The third-order valence-corrected chi connectivity index (χ3v) is 3.90. The van der Waals surface area contributed by atoms with Crippen molar-refractivity contribution in [3.05, 3.63) is 35.4 Å². The van der Waals surface area contributed by atoms with Crippen molar-refractivity contribution >= 4 is 11.8 Å². The van der Waals surface area contributed by atoms with Crippen LogP contribution in [0.5, 0.6) is 0 Å². The van der Waals surface area contributed by atoms with E-state index in [-0.39, 0.29) is 18.4 Å². The van der Waals surface area contributed by atoms with Crippen molar-refractivity contribution in [2.45, 2.75) is 47.7 Å². The fraction of sp³-hybridized carbons (Fsp3) is 0.579. The molecule has 0 spiro atoms. The molecule has 0 atom stereocenters. The highest BCUT2D eigenvalue weighted by molar-refractivity contribution is 5.87. The molecule has 134 valence electrons. The quantitative estimate of drug-likeness (QED) is 0.767. The highest BCUT2D eigenvalue weighted by Gasteiger charge is 2.21. The molecule has 2 amide bonds. The highest BCUT2D eigenvalue weighted by Crippen LogP contribution is 2.12. The summed E-state index contributed by atoms with van der Waals surface area (Å²) in [6.07, 6.45) is 0. The van der Waals surface area contributed by atoms with Gasteiger partial charge in [0.1, 0.15) is 0 Å². The fourth-order valence-corrected chi connectivity index (χ4v) is 2.16. The third-order valence-electron chi connectivity index (χ3n) is 3.90. The Morgan fingerprint density at radius 1 is 0.958 bits per heavy atom. The molecule has 0 aliphatic heterocycles. The molecule has 0 heterocycles. The number of nitrogens with zero attached hydrogens (tertiary/aromatic N) is 1. The maximum absolute atomic E-state index is 11.8. The van der Waals surface area contributed by atoms with Crippen molar-refractivity contribution in [3.8, 4) is 0 Å². The summed E-state index contributed by atoms with van der Waals surface area (Å²) in [4.78, 5) is 25.9. The number of carbonyl (C=O) groups is 2. The third kappa shape index (κ3) is 7.13. The summed E-state index contributed by atoms with van der Waals surface area (Å²) in [6.45, 7) is 13.3. The average molecular weight is 333 g/mol. The Kier molecular flexibility index (Phi) is 7.92. The smallest absolute Gasteiger partial charge is 0.239 e. The van der Waals surface area contributed by atoms with Gasteiger partial charge in [-0.05, 0) is 24.2 Å². The van der Waals surface area contributed by atoms with Crippen LogP contribution in [0.2, 0.25) is 0 Å². The largest absolute Gasteiger partial charge is 0.350 e. The molecule has 24 heavy (non-hydrogen) atoms. The Morgan fingerprint density at radius 2 is 1.50 bits per heavy atom. The lowest BCUT2D eigenvalue weighted by Gasteiger charge is -2.18. The minimum Gasteiger partial charge on any atom is -0.350 e. The SMILES string of the molecule is CCN(CC)Cc1ccc(CNC(=O)CNC(=O)C(C)(C)C)cc1. The average Bonchev–Trinajstić information content (AvgIpc) is 2.55. The van der Waals surface area contributed by atoms with Crippen LogP contribution in [0.4, 0.5) is 0 Å². The monoisotopic (exact) mass is 333 g/mol. The molecule has 0 bridgehead atoms. The van der Waals surface area contributed by atoms with Crippen LogP contribution in [0, 0.1) is 5.41 Å². The molecule has 0 radical (unpaired) electrons. The molecule has 5 nitrogen and oxygen atoms in total. The van der Waals surface area contributed by atoms with Gasteiger partial charge in [0.2, 0.25) is 11.8 Å². The summed E-state index contributed by atoms with van der Waals surface area (Å²) in [7, 11) is 0. The summed E-state index contributed by atoms with van der Waals surface area (Å²) in [5.74, 6) is -0.307. The van der Waals surface area contributed by atoms with E-state index in [2.05, 4.69) is 41.5 Å². The predicted molar refractivity (Wildman–Crippen MR) is 97.4 cm³/mol. The number of nitrogens with one attached hydrogen (secondary N) is 2. The maximum Gasteiger partial charge on any atom is 0.239 e. The van der Waals surface area contributed by atoms with Gasteiger partial charge in [-0.1, -0.05) is 58.9 Å². The van der Waals surface area contributed by atoms with Crippen molar-refractivity contribution in [2.24, 2.45) is 5.41 Å². The number of hydrogen-bond donors (Lipinski definition) is 2. The molecule has 1 rings (SSSR count). The standard InChI is InChI=1S/C19H31N3O2/c1-6-22(7-2)14-16-10-8-15(9-11-16)12-20-17(23)13-21-18(24)19(3,4)5/h8-11H,6-7,12-14H2,1-5H3,(H,20,23)(H,21,24). The van der Waals surface area contributed by atoms with Crippen LogP contribution in [0.25, 0.3) is 0 Å². The number of rotatable bonds is 8. The van der Waals surface area contributed by atoms with Crippen LogP contribution in [0.15, 0.2) is 24.3 Å². The Morgan fingerprint density at radius 3 is 2.00 bits per heavy atom. The number of amides is 2. The molecule has 1 aromatic rings. The second kappa shape index (κ2) is 9.42. The van der Waals surface area contributed by atoms with E-state index >= 15 is 0 Å². The molecule has 0 saturated carbocycles. The number of benzene rings is 1. The molecular formula is C19H31N3O2. The van der Waals surface area contributed by atoms with Crippen LogP contribution in [0.3, 0.4) is 0 Å². The molecule has 2 N–H and O–H groups in total. The van der Waals surface area contributed by atoms with E-state index in [1.54, 1.807) is 0 Å². The lowest BCUT2D eigenvalue weighted by molar-refractivity contribution is -0.131. The minimum absolute atomic E-state index is 0.0101. The summed E-state index contributed by atoms with van der Waals surface area (Å²) in [5, 5.41) is 5.47. The molecule has 5 heteroatoms. The molecule has 1 aromatic carbocycles. The van der Waals surface area contributed by atoms with E-state index in [9.17, 15) is 9.59 Å². The highest BCUT2D eigenvalue weighted by atomic mass is 16.2. The first kappa shape index (κ1) is 20.2. The number of carbonyl (C=O) groups excluding carboxylic acids is 2. The lowest BCUT2D eigenvalue weighted by Crippen LogP contribution is -2.41. The first-order valence-corrected chi connectivity index (χ1v) is 8.61. The van der Waals surface area contributed by atoms with E-state index in [1.165, 1.54) is 5.56 Å². The lowest BCUT2D eigenvalue weighted by atomic mass is 9.96. The molecule has 0 aliphatic carbocycles. The summed E-state index contributed by atoms with van der Waals surface area (Å²) < 4.78 is 0. The summed E-state index contributed by atoms with van der Waals surface area (Å²) in [5.41, 5.74) is 1.83. The molecular weight excluding hydrogens is 302 g/mol. The van der Waals surface area contributed by atoms with Gasteiger partial charge in [0.05, 0.1) is 6.54 Å². The van der Waals surface area contributed by atoms with Gasteiger partial charge in [-0.2, -0.15) is 0 Å². The Bertz CT molecular complexity index is 529. The Labute approximate surface area is 145 Å². The first-order chi connectivity index (χ1) is 11.3. The first-order valence-electron chi connectivity index (χ1n) is 8.61. The van der Waals surface area contributed by atoms with Crippen LogP contribution >= 0.6 is 0 Å². The van der Waals surface area contributed by atoms with Gasteiger partial charge >= 0.3 is 0 Å². The molecule has 0 aliphatic rings. The topological polar surface area (TPSA) is 61.4 Å². The zero-order valence-electron chi connectivity index (χ0n) is 15.6. The zero-order valence-corrected chi connectivity index (χ0v) is 15.6. The van der Waals surface area contributed by atoms with Crippen LogP contribution in [-0.4, -0.2) is 36.3 Å². The van der Waals surface area contributed by atoms with Gasteiger partial charge < -0.3 is 10.6 Å². The van der Waals surface area contributed by atoms with E-state index in [0.717, 1.165) is 25.2 Å². The molecule has 0 aromatic heterocycles. The van der Waals surface area contributed by atoms with Crippen molar-refractivity contribution in [1.29, 1.82) is 0 Å². The van der Waals surface area contributed by atoms with E-state index in [1.807, 2.05) is 32.9 Å². The van der Waals surface area contributed by atoms with Crippen LogP contribution < -0.4 is 10.6 Å². The van der Waals surface area contributed by atoms with E-state index < -0.39 is 5.41 Å². The number of hydrogen-bond acceptors (Lipinski definition) is 3. The molecule has 0 fully saturated rings. The summed E-state index contributed by atoms with van der Waals surface area (Å²) >= 11 is 0. The predicted octanol–water partition coefficient (Wildman–Crippen LogP) is 2.31. The second-order valence-electron chi connectivity index (χ2n) is 6.99. The molecule has 0 saturated heterocycles. The van der Waals surface area contributed by atoms with Crippen molar-refractivity contribution < 1.29 is 9.59 Å². The second-order valence-corrected chi connectivity index (χ2v) is 6.99. The van der Waals surface area contributed by atoms with Gasteiger partial charge in [0, 0.05) is 18.5 Å². The summed E-state index contributed by atoms with van der Waals surface area (Å²) in [6, 6.07) is 8.27. The molecule has 0 unspecified atom stereocenters. The van der Waals surface area contributed by atoms with Gasteiger partial charge in [-0.3, -0.25) is 14.5 Å². The van der Waals surface area contributed by atoms with Crippen LogP contribution in [0.1, 0.15) is 45.7 Å². The Balaban J connectivity index is 2.39.